The molecule has 2 rings (SSSR count). The quantitative estimate of drug-likeness (QED) is 0.801. The van der Waals surface area contributed by atoms with Gasteiger partial charge in [0.25, 0.3) is 0 Å². The van der Waals surface area contributed by atoms with E-state index in [1.165, 1.54) is 4.57 Å². The van der Waals surface area contributed by atoms with Gasteiger partial charge in [-0.1, -0.05) is 6.07 Å². The average molecular weight is 207 g/mol. The van der Waals surface area contributed by atoms with Gasteiger partial charge >= 0.3 is 5.76 Å². The van der Waals surface area contributed by atoms with Crippen molar-refractivity contribution in [3.63, 3.8) is 0 Å². The van der Waals surface area contributed by atoms with Crippen molar-refractivity contribution in [2.24, 2.45) is 7.05 Å². The Balaban J connectivity index is 2.54. The number of aliphatic hydroxyl groups excluding tert-OH is 1. The number of aryl methyl sites for hydroxylation is 1. The molecule has 1 heterocycles. The number of oxazole rings is 1. The number of hydrogen-bond donors (Lipinski definition) is 1. The molecule has 0 bridgehead atoms. The Bertz CT molecular complexity index is 536. The molecule has 1 aromatic heterocycles. The normalized spacial score (nSPS) is 13.3. The monoisotopic (exact) mass is 207 g/mol. The number of aliphatic hydroxyl groups is 1. The van der Waals surface area contributed by atoms with E-state index in [0.29, 0.717) is 12.0 Å². The van der Waals surface area contributed by atoms with Crippen molar-refractivity contribution in [3.05, 3.63) is 34.3 Å². The van der Waals surface area contributed by atoms with Crippen LogP contribution < -0.4 is 5.76 Å². The van der Waals surface area contributed by atoms with E-state index < -0.39 is 0 Å². The van der Waals surface area contributed by atoms with Gasteiger partial charge in [0.1, 0.15) is 0 Å². The summed E-state index contributed by atoms with van der Waals surface area (Å²) in [6.07, 6.45) is 0.196. The molecule has 4 heteroatoms. The van der Waals surface area contributed by atoms with Crippen molar-refractivity contribution in [2.75, 3.05) is 0 Å². The van der Waals surface area contributed by atoms with Crippen molar-refractivity contribution in [2.45, 2.75) is 19.4 Å². The molecular formula is C11H13NO3. The maximum absolute atomic E-state index is 11.2. The lowest BCUT2D eigenvalue weighted by atomic mass is 10.1. The summed E-state index contributed by atoms with van der Waals surface area (Å²) in [5.74, 6) is -0.362. The topological polar surface area (TPSA) is 55.4 Å². The van der Waals surface area contributed by atoms with Gasteiger partial charge < -0.3 is 9.52 Å². The zero-order valence-electron chi connectivity index (χ0n) is 8.73. The van der Waals surface area contributed by atoms with Gasteiger partial charge in [0.2, 0.25) is 0 Å². The maximum atomic E-state index is 11.2. The molecule has 0 saturated carbocycles. The predicted molar refractivity (Wildman–Crippen MR) is 56.8 cm³/mol. The summed E-state index contributed by atoms with van der Waals surface area (Å²) in [7, 11) is 1.67. The zero-order valence-corrected chi connectivity index (χ0v) is 8.73. The van der Waals surface area contributed by atoms with Crippen LogP contribution in [0.2, 0.25) is 0 Å². The molecule has 0 spiro atoms. The van der Waals surface area contributed by atoms with Crippen LogP contribution in [0.1, 0.15) is 12.5 Å². The molecule has 1 unspecified atom stereocenters. The SMILES string of the molecule is CC(O)Cc1ccc2oc(=O)n(C)c2c1. The van der Waals surface area contributed by atoms with Crippen LogP contribution in [0.15, 0.2) is 27.4 Å². The van der Waals surface area contributed by atoms with E-state index in [0.717, 1.165) is 11.1 Å². The molecule has 80 valence electrons. The van der Waals surface area contributed by atoms with Gasteiger partial charge in [0, 0.05) is 7.05 Å². The number of aromatic nitrogens is 1. The minimum Gasteiger partial charge on any atom is -0.408 e. The molecule has 0 amide bonds. The summed E-state index contributed by atoms with van der Waals surface area (Å²) in [5, 5.41) is 9.26. The number of benzene rings is 1. The minimum absolute atomic E-state index is 0.362. The Morgan fingerprint density at radius 1 is 1.53 bits per heavy atom. The van der Waals surface area contributed by atoms with Crippen molar-refractivity contribution in [3.8, 4) is 0 Å². The standard InChI is InChI=1S/C11H13NO3/c1-7(13)5-8-3-4-10-9(6-8)12(2)11(14)15-10/h3-4,6-7,13H,5H2,1-2H3. The Kier molecular flexibility index (Phi) is 2.36. The Morgan fingerprint density at radius 3 is 2.93 bits per heavy atom. The molecule has 1 aromatic carbocycles. The van der Waals surface area contributed by atoms with Crippen LogP contribution in [-0.2, 0) is 13.5 Å². The van der Waals surface area contributed by atoms with Crippen molar-refractivity contribution >= 4 is 11.1 Å². The Morgan fingerprint density at radius 2 is 2.27 bits per heavy atom. The van der Waals surface area contributed by atoms with Crippen LogP contribution in [-0.4, -0.2) is 15.8 Å². The molecule has 1 N–H and O–H groups in total. The van der Waals surface area contributed by atoms with Crippen molar-refractivity contribution < 1.29 is 9.52 Å². The molecule has 0 fully saturated rings. The van der Waals surface area contributed by atoms with Gasteiger partial charge in [-0.25, -0.2) is 4.79 Å². The van der Waals surface area contributed by atoms with Crippen LogP contribution in [0, 0.1) is 0 Å². The Hall–Kier alpha value is -1.55. The van der Waals surface area contributed by atoms with E-state index in [9.17, 15) is 9.90 Å². The number of fused-ring (bicyclic) bond motifs is 1. The van der Waals surface area contributed by atoms with Crippen LogP contribution in [0.4, 0.5) is 0 Å². The summed E-state index contributed by atoms with van der Waals surface area (Å²) in [4.78, 5) is 11.2. The summed E-state index contributed by atoms with van der Waals surface area (Å²) in [6.45, 7) is 1.73. The lowest BCUT2D eigenvalue weighted by Crippen LogP contribution is -2.08. The first-order chi connectivity index (χ1) is 7.08. The maximum Gasteiger partial charge on any atom is 0.419 e. The van der Waals surface area contributed by atoms with E-state index in [4.69, 9.17) is 4.42 Å². The minimum atomic E-state index is -0.383. The summed E-state index contributed by atoms with van der Waals surface area (Å²) in [6, 6.07) is 5.49. The summed E-state index contributed by atoms with van der Waals surface area (Å²) in [5.41, 5.74) is 2.34. The summed E-state index contributed by atoms with van der Waals surface area (Å²) >= 11 is 0. The van der Waals surface area contributed by atoms with Gasteiger partial charge in [-0.2, -0.15) is 0 Å². The fraction of sp³-hybridized carbons (Fsp3) is 0.364. The Labute approximate surface area is 86.8 Å². The molecule has 0 aliphatic heterocycles. The highest BCUT2D eigenvalue weighted by Gasteiger charge is 2.07. The third-order valence-corrected chi connectivity index (χ3v) is 2.39. The second-order valence-electron chi connectivity index (χ2n) is 3.78. The molecule has 4 nitrogen and oxygen atoms in total. The smallest absolute Gasteiger partial charge is 0.408 e. The van der Waals surface area contributed by atoms with E-state index in [-0.39, 0.29) is 11.9 Å². The first-order valence-electron chi connectivity index (χ1n) is 4.84. The summed E-state index contributed by atoms with van der Waals surface area (Å²) < 4.78 is 6.46. The van der Waals surface area contributed by atoms with Gasteiger partial charge in [-0.3, -0.25) is 4.57 Å². The van der Waals surface area contributed by atoms with Gasteiger partial charge in [-0.15, -0.1) is 0 Å². The highest BCUT2D eigenvalue weighted by atomic mass is 16.4. The average Bonchev–Trinajstić information content (AvgIpc) is 2.43. The van der Waals surface area contributed by atoms with Gasteiger partial charge in [-0.05, 0) is 31.0 Å². The van der Waals surface area contributed by atoms with Gasteiger partial charge in [0.15, 0.2) is 5.58 Å². The molecule has 0 saturated heterocycles. The number of rotatable bonds is 2. The zero-order chi connectivity index (χ0) is 11.0. The van der Waals surface area contributed by atoms with Crippen LogP contribution in [0.25, 0.3) is 11.1 Å². The van der Waals surface area contributed by atoms with Crippen LogP contribution >= 0.6 is 0 Å². The lowest BCUT2D eigenvalue weighted by molar-refractivity contribution is 0.195. The molecule has 2 aromatic rings. The van der Waals surface area contributed by atoms with E-state index >= 15 is 0 Å². The fourth-order valence-corrected chi connectivity index (χ4v) is 1.64. The van der Waals surface area contributed by atoms with Crippen LogP contribution in [0.3, 0.4) is 0 Å². The number of nitrogens with zero attached hydrogens (tertiary/aromatic N) is 1. The highest BCUT2D eigenvalue weighted by Crippen LogP contribution is 2.15. The van der Waals surface area contributed by atoms with Crippen molar-refractivity contribution in [1.29, 1.82) is 0 Å². The molecular weight excluding hydrogens is 194 g/mol. The third kappa shape index (κ3) is 1.80. The first-order valence-corrected chi connectivity index (χ1v) is 4.84. The van der Waals surface area contributed by atoms with Crippen LogP contribution in [0.5, 0.6) is 0 Å². The predicted octanol–water partition coefficient (Wildman–Crippen LogP) is 1.05. The molecule has 0 aliphatic carbocycles. The first kappa shape index (κ1) is 9.98. The third-order valence-electron chi connectivity index (χ3n) is 2.39. The molecule has 1 atom stereocenters. The second-order valence-corrected chi connectivity index (χ2v) is 3.78. The van der Waals surface area contributed by atoms with Crippen molar-refractivity contribution in [1.82, 2.24) is 4.57 Å². The van der Waals surface area contributed by atoms with Gasteiger partial charge in [0.05, 0.1) is 11.6 Å². The second kappa shape index (κ2) is 3.55. The van der Waals surface area contributed by atoms with E-state index in [1.54, 1.807) is 20.0 Å². The largest absolute Gasteiger partial charge is 0.419 e. The highest BCUT2D eigenvalue weighted by molar-refractivity contribution is 5.73. The molecule has 15 heavy (non-hydrogen) atoms. The molecule has 0 radical (unpaired) electrons. The van der Waals surface area contributed by atoms with E-state index in [1.807, 2.05) is 12.1 Å². The fourth-order valence-electron chi connectivity index (χ4n) is 1.64. The lowest BCUT2D eigenvalue weighted by Gasteiger charge is -2.03. The number of hydrogen-bond acceptors (Lipinski definition) is 3. The van der Waals surface area contributed by atoms with E-state index in [2.05, 4.69) is 0 Å². The molecule has 0 aliphatic rings.